The van der Waals surface area contributed by atoms with Crippen LogP contribution in [0.25, 0.3) is 0 Å². The van der Waals surface area contributed by atoms with E-state index >= 15 is 0 Å². The van der Waals surface area contributed by atoms with Gasteiger partial charge in [-0.1, -0.05) is 13.8 Å². The Hall–Kier alpha value is -1.03. The van der Waals surface area contributed by atoms with Crippen molar-refractivity contribution in [3.8, 4) is 0 Å². The van der Waals surface area contributed by atoms with Gasteiger partial charge in [0.25, 0.3) is 0 Å². The molecule has 4 heteroatoms. The van der Waals surface area contributed by atoms with E-state index in [1.165, 1.54) is 6.42 Å². The zero-order valence-electron chi connectivity index (χ0n) is 10.5. The van der Waals surface area contributed by atoms with Crippen LogP contribution in [0.1, 0.15) is 20.3 Å². The summed E-state index contributed by atoms with van der Waals surface area (Å²) in [4.78, 5) is 0. The molecule has 0 spiro atoms. The zero-order valence-corrected chi connectivity index (χ0v) is 10.5. The smallest absolute Gasteiger partial charge is 0.123 e. The Morgan fingerprint density at radius 2 is 2.44 bits per heavy atom. The van der Waals surface area contributed by atoms with Crippen molar-refractivity contribution in [2.75, 3.05) is 25.0 Å². The normalized spacial score (nSPS) is 25.2. The Balaban J connectivity index is 2.00. The topological polar surface area (TPSA) is 41.9 Å². The fourth-order valence-electron chi connectivity index (χ4n) is 2.42. The van der Waals surface area contributed by atoms with E-state index in [1.54, 1.807) is 0 Å². The highest BCUT2D eigenvalue weighted by Crippen LogP contribution is 2.34. The number of rotatable bonds is 4. The third-order valence-corrected chi connectivity index (χ3v) is 3.94. The molecule has 2 rings (SSSR count). The van der Waals surface area contributed by atoms with Crippen LogP contribution in [0, 0.1) is 11.3 Å². The molecule has 0 aliphatic carbocycles. The molecule has 0 bridgehead atoms. The van der Waals surface area contributed by atoms with Crippen molar-refractivity contribution in [3.05, 3.63) is 12.3 Å². The highest BCUT2D eigenvalue weighted by Gasteiger charge is 2.36. The Bertz CT molecular complexity index is 337. The molecule has 1 aromatic rings. The minimum Gasteiger partial charge on any atom is -0.370 e. The molecule has 2 N–H and O–H groups in total. The summed E-state index contributed by atoms with van der Waals surface area (Å²) < 4.78 is 1.89. The average Bonchev–Trinajstić information content (AvgIpc) is 2.84. The van der Waals surface area contributed by atoms with Gasteiger partial charge < -0.3 is 10.6 Å². The predicted molar refractivity (Wildman–Crippen MR) is 66.5 cm³/mol. The third kappa shape index (κ3) is 2.07. The highest BCUT2D eigenvalue weighted by molar-refractivity contribution is 5.34. The second-order valence-corrected chi connectivity index (χ2v) is 5.14. The van der Waals surface area contributed by atoms with Gasteiger partial charge in [-0.25, -0.2) is 0 Å². The molecule has 1 saturated heterocycles. The first-order valence-electron chi connectivity index (χ1n) is 6.07. The Labute approximate surface area is 97.4 Å². The third-order valence-electron chi connectivity index (χ3n) is 3.94. The number of aromatic nitrogens is 2. The van der Waals surface area contributed by atoms with E-state index in [2.05, 4.69) is 29.6 Å². The molecule has 1 aliphatic heterocycles. The van der Waals surface area contributed by atoms with Gasteiger partial charge in [0.05, 0.1) is 6.20 Å². The van der Waals surface area contributed by atoms with Crippen LogP contribution in [0.2, 0.25) is 0 Å². The van der Waals surface area contributed by atoms with Gasteiger partial charge in [0.15, 0.2) is 0 Å². The summed E-state index contributed by atoms with van der Waals surface area (Å²) in [5.74, 6) is 1.80. The van der Waals surface area contributed by atoms with Crippen LogP contribution in [-0.2, 0) is 7.05 Å². The van der Waals surface area contributed by atoms with Crippen LogP contribution in [0.4, 0.5) is 5.82 Å². The highest BCUT2D eigenvalue weighted by atomic mass is 15.3. The molecule has 1 unspecified atom stereocenters. The van der Waals surface area contributed by atoms with Crippen molar-refractivity contribution >= 4 is 5.82 Å². The molecular formula is C12H22N4. The van der Waals surface area contributed by atoms with Gasteiger partial charge in [0.1, 0.15) is 5.82 Å². The summed E-state index contributed by atoms with van der Waals surface area (Å²) in [6.07, 6.45) is 3.09. The number of aryl methyl sites for hydroxylation is 1. The second-order valence-electron chi connectivity index (χ2n) is 5.14. The minimum absolute atomic E-state index is 0.393. The summed E-state index contributed by atoms with van der Waals surface area (Å²) in [5, 5.41) is 11.2. The van der Waals surface area contributed by atoms with Crippen molar-refractivity contribution in [2.24, 2.45) is 18.4 Å². The van der Waals surface area contributed by atoms with E-state index in [0.29, 0.717) is 11.3 Å². The first-order valence-corrected chi connectivity index (χ1v) is 6.07. The van der Waals surface area contributed by atoms with Gasteiger partial charge in [-0.05, 0) is 18.9 Å². The van der Waals surface area contributed by atoms with E-state index < -0.39 is 0 Å². The Kier molecular flexibility index (Phi) is 3.19. The van der Waals surface area contributed by atoms with Gasteiger partial charge in [0, 0.05) is 31.6 Å². The summed E-state index contributed by atoms with van der Waals surface area (Å²) in [5.41, 5.74) is 0.393. The lowest BCUT2D eigenvalue weighted by molar-refractivity contribution is 0.236. The quantitative estimate of drug-likeness (QED) is 0.810. The van der Waals surface area contributed by atoms with E-state index in [9.17, 15) is 0 Å². The van der Waals surface area contributed by atoms with Crippen molar-refractivity contribution in [1.82, 2.24) is 15.1 Å². The van der Waals surface area contributed by atoms with E-state index in [1.807, 2.05) is 24.0 Å². The van der Waals surface area contributed by atoms with Crippen LogP contribution in [0.5, 0.6) is 0 Å². The second kappa shape index (κ2) is 4.45. The van der Waals surface area contributed by atoms with Crippen LogP contribution >= 0.6 is 0 Å². The van der Waals surface area contributed by atoms with Crippen molar-refractivity contribution in [2.45, 2.75) is 20.3 Å². The maximum Gasteiger partial charge on any atom is 0.123 e. The van der Waals surface area contributed by atoms with Crippen molar-refractivity contribution in [3.63, 3.8) is 0 Å². The van der Waals surface area contributed by atoms with Crippen LogP contribution in [0.15, 0.2) is 12.3 Å². The minimum atomic E-state index is 0.393. The molecule has 0 aromatic carbocycles. The van der Waals surface area contributed by atoms with Crippen LogP contribution in [0.3, 0.4) is 0 Å². The largest absolute Gasteiger partial charge is 0.370 e. The van der Waals surface area contributed by atoms with Crippen LogP contribution < -0.4 is 10.6 Å². The lowest BCUT2D eigenvalue weighted by Crippen LogP contribution is -2.37. The van der Waals surface area contributed by atoms with E-state index in [-0.39, 0.29) is 0 Å². The molecular weight excluding hydrogens is 200 g/mol. The van der Waals surface area contributed by atoms with Gasteiger partial charge in [-0.15, -0.1) is 0 Å². The molecule has 0 radical (unpaired) electrons. The number of nitrogens with zero attached hydrogens (tertiary/aromatic N) is 2. The fourth-order valence-corrected chi connectivity index (χ4v) is 2.42. The first kappa shape index (κ1) is 11.5. The van der Waals surface area contributed by atoms with Crippen LogP contribution in [-0.4, -0.2) is 29.4 Å². The standard InChI is InChI=1S/C12H22N4/c1-10(2)12(5-7-13-8-12)9-14-11-4-6-15-16(11)3/h4,6,10,13-14H,5,7-9H2,1-3H3. The molecule has 0 saturated carbocycles. The molecule has 0 amide bonds. The number of hydrogen-bond donors (Lipinski definition) is 2. The van der Waals surface area contributed by atoms with Gasteiger partial charge in [-0.3, -0.25) is 4.68 Å². The number of anilines is 1. The molecule has 1 fully saturated rings. The first-order chi connectivity index (χ1) is 7.64. The molecule has 4 nitrogen and oxygen atoms in total. The number of hydrogen-bond acceptors (Lipinski definition) is 3. The lowest BCUT2D eigenvalue weighted by atomic mass is 9.76. The zero-order chi connectivity index (χ0) is 11.6. The monoisotopic (exact) mass is 222 g/mol. The SMILES string of the molecule is CC(C)C1(CNc2ccnn2C)CCNC1. The molecule has 1 atom stereocenters. The molecule has 2 heterocycles. The summed E-state index contributed by atoms with van der Waals surface area (Å²) in [7, 11) is 1.97. The maximum atomic E-state index is 4.17. The summed E-state index contributed by atoms with van der Waals surface area (Å²) in [6.45, 7) is 7.92. The molecule has 90 valence electrons. The lowest BCUT2D eigenvalue weighted by Gasteiger charge is -2.33. The fraction of sp³-hybridized carbons (Fsp3) is 0.750. The molecule has 1 aromatic heterocycles. The Morgan fingerprint density at radius 3 is 2.94 bits per heavy atom. The molecule has 1 aliphatic rings. The van der Waals surface area contributed by atoms with E-state index in [4.69, 9.17) is 0 Å². The van der Waals surface area contributed by atoms with Gasteiger partial charge >= 0.3 is 0 Å². The summed E-state index contributed by atoms with van der Waals surface area (Å²) >= 11 is 0. The molecule has 16 heavy (non-hydrogen) atoms. The number of nitrogens with one attached hydrogen (secondary N) is 2. The predicted octanol–water partition coefficient (Wildman–Crippen LogP) is 1.47. The van der Waals surface area contributed by atoms with Gasteiger partial charge in [-0.2, -0.15) is 5.10 Å². The average molecular weight is 222 g/mol. The van der Waals surface area contributed by atoms with E-state index in [0.717, 1.165) is 25.5 Å². The van der Waals surface area contributed by atoms with Crippen molar-refractivity contribution < 1.29 is 0 Å². The van der Waals surface area contributed by atoms with Crippen molar-refractivity contribution in [1.29, 1.82) is 0 Å². The maximum absolute atomic E-state index is 4.17. The summed E-state index contributed by atoms with van der Waals surface area (Å²) in [6, 6.07) is 2.02. The Morgan fingerprint density at radius 1 is 1.62 bits per heavy atom. The van der Waals surface area contributed by atoms with Gasteiger partial charge in [0.2, 0.25) is 0 Å².